The molecule has 0 radical (unpaired) electrons. The van der Waals surface area contributed by atoms with Crippen LogP contribution in [0, 0.1) is 11.8 Å². The van der Waals surface area contributed by atoms with Crippen LogP contribution < -0.4 is 16.0 Å². The number of fused-ring (bicyclic) bond motifs is 1. The van der Waals surface area contributed by atoms with Crippen molar-refractivity contribution in [1.29, 1.82) is 0 Å². The average molecular weight is 301 g/mol. The molecule has 1 aromatic rings. The first-order chi connectivity index (χ1) is 10.5. The predicted molar refractivity (Wildman–Crippen MR) is 85.5 cm³/mol. The van der Waals surface area contributed by atoms with Crippen molar-refractivity contribution in [3.8, 4) is 0 Å². The summed E-state index contributed by atoms with van der Waals surface area (Å²) in [6, 6.07) is 5.98. The summed E-state index contributed by atoms with van der Waals surface area (Å²) < 4.78 is 0. The molecule has 2 heterocycles. The lowest BCUT2D eigenvalue weighted by Crippen LogP contribution is -2.49. The van der Waals surface area contributed by atoms with Crippen molar-refractivity contribution in [1.82, 2.24) is 10.6 Å². The molecule has 0 aliphatic carbocycles. The van der Waals surface area contributed by atoms with Gasteiger partial charge in [0.1, 0.15) is 0 Å². The van der Waals surface area contributed by atoms with Crippen LogP contribution in [0.3, 0.4) is 0 Å². The largest absolute Gasteiger partial charge is 0.349 e. The van der Waals surface area contributed by atoms with Gasteiger partial charge in [0.15, 0.2) is 0 Å². The van der Waals surface area contributed by atoms with Crippen LogP contribution in [0.1, 0.15) is 37.4 Å². The van der Waals surface area contributed by atoms with Crippen molar-refractivity contribution in [3.63, 3.8) is 0 Å². The molecule has 2 aliphatic rings. The molecule has 1 fully saturated rings. The van der Waals surface area contributed by atoms with Crippen LogP contribution in [0.2, 0.25) is 0 Å². The monoisotopic (exact) mass is 301 g/mol. The highest BCUT2D eigenvalue weighted by Gasteiger charge is 2.29. The third kappa shape index (κ3) is 2.99. The number of hydrogen-bond acceptors (Lipinski definition) is 3. The van der Waals surface area contributed by atoms with Crippen molar-refractivity contribution < 1.29 is 9.59 Å². The number of rotatable bonds is 4. The fourth-order valence-corrected chi connectivity index (χ4v) is 2.98. The minimum absolute atomic E-state index is 0.0223. The zero-order valence-electron chi connectivity index (χ0n) is 13.1. The van der Waals surface area contributed by atoms with Crippen LogP contribution in [0.25, 0.3) is 0 Å². The molecule has 2 unspecified atom stereocenters. The van der Waals surface area contributed by atoms with E-state index in [4.69, 9.17) is 0 Å². The number of aryl methyl sites for hydroxylation is 1. The van der Waals surface area contributed by atoms with E-state index < -0.39 is 0 Å². The molecule has 0 spiro atoms. The molecule has 0 saturated carbocycles. The molecule has 2 aliphatic heterocycles. The highest BCUT2D eigenvalue weighted by molar-refractivity contribution is 5.93. The predicted octanol–water partition coefficient (Wildman–Crippen LogP) is 1.60. The number of carbonyl (C=O) groups excluding carboxylic acids is 2. The van der Waals surface area contributed by atoms with E-state index in [0.717, 1.165) is 36.3 Å². The Morgan fingerprint density at radius 1 is 1.27 bits per heavy atom. The first kappa shape index (κ1) is 15.0. The van der Waals surface area contributed by atoms with Crippen molar-refractivity contribution in [2.45, 2.75) is 32.7 Å². The Kier molecular flexibility index (Phi) is 4.16. The van der Waals surface area contributed by atoms with Crippen molar-refractivity contribution >= 4 is 17.5 Å². The summed E-state index contributed by atoms with van der Waals surface area (Å²) in [5.41, 5.74) is 3.13. The first-order valence-corrected chi connectivity index (χ1v) is 7.98. The Balaban J connectivity index is 1.65. The molecule has 0 bridgehead atoms. The van der Waals surface area contributed by atoms with E-state index in [2.05, 4.69) is 22.0 Å². The van der Waals surface area contributed by atoms with Crippen molar-refractivity contribution in [2.24, 2.45) is 11.8 Å². The second kappa shape index (κ2) is 6.08. The average Bonchev–Trinajstić information content (AvgIpc) is 2.44. The third-order valence-corrected chi connectivity index (χ3v) is 4.82. The fourth-order valence-electron chi connectivity index (χ4n) is 2.98. The molecule has 1 aromatic carbocycles. The van der Waals surface area contributed by atoms with E-state index in [9.17, 15) is 9.59 Å². The Bertz CT molecular complexity index is 596. The van der Waals surface area contributed by atoms with E-state index in [1.54, 1.807) is 0 Å². The number of benzene rings is 1. The smallest absolute Gasteiger partial charge is 0.224 e. The van der Waals surface area contributed by atoms with Crippen molar-refractivity contribution in [3.05, 3.63) is 29.3 Å². The Morgan fingerprint density at radius 2 is 2.05 bits per heavy atom. The number of hydrogen-bond donors (Lipinski definition) is 3. The topological polar surface area (TPSA) is 70.2 Å². The van der Waals surface area contributed by atoms with Gasteiger partial charge in [0.2, 0.25) is 11.8 Å². The van der Waals surface area contributed by atoms with Crippen LogP contribution in [-0.4, -0.2) is 24.9 Å². The number of anilines is 1. The number of nitrogens with one attached hydrogen (secondary N) is 3. The van der Waals surface area contributed by atoms with Gasteiger partial charge in [-0.05, 0) is 49.5 Å². The van der Waals surface area contributed by atoms with Crippen LogP contribution in [0.4, 0.5) is 5.69 Å². The Morgan fingerprint density at radius 3 is 2.73 bits per heavy atom. The van der Waals surface area contributed by atoms with Crippen LogP contribution in [0.15, 0.2) is 18.2 Å². The lowest BCUT2D eigenvalue weighted by Gasteiger charge is -2.32. The van der Waals surface area contributed by atoms with Gasteiger partial charge in [0.05, 0.1) is 6.04 Å². The van der Waals surface area contributed by atoms with Gasteiger partial charge in [-0.25, -0.2) is 0 Å². The van der Waals surface area contributed by atoms with Gasteiger partial charge in [-0.2, -0.15) is 0 Å². The summed E-state index contributed by atoms with van der Waals surface area (Å²) in [5, 5.41) is 9.19. The molecule has 5 nitrogen and oxygen atoms in total. The van der Waals surface area contributed by atoms with Gasteiger partial charge in [-0.3, -0.25) is 9.59 Å². The molecule has 1 saturated heterocycles. The second-order valence-electron chi connectivity index (χ2n) is 6.40. The highest BCUT2D eigenvalue weighted by Crippen LogP contribution is 2.26. The first-order valence-electron chi connectivity index (χ1n) is 7.98. The van der Waals surface area contributed by atoms with E-state index in [1.165, 1.54) is 0 Å². The van der Waals surface area contributed by atoms with E-state index >= 15 is 0 Å². The number of amides is 2. The van der Waals surface area contributed by atoms with Gasteiger partial charge in [-0.15, -0.1) is 0 Å². The zero-order chi connectivity index (χ0) is 15.7. The molecule has 5 heteroatoms. The van der Waals surface area contributed by atoms with Gasteiger partial charge < -0.3 is 16.0 Å². The minimum atomic E-state index is -0.0223. The molecule has 22 heavy (non-hydrogen) atoms. The van der Waals surface area contributed by atoms with E-state index in [1.807, 2.05) is 26.0 Å². The van der Waals surface area contributed by atoms with Crippen molar-refractivity contribution in [2.75, 3.05) is 18.4 Å². The summed E-state index contributed by atoms with van der Waals surface area (Å²) in [6.07, 6.45) is 1.29. The van der Waals surface area contributed by atoms with E-state index in [0.29, 0.717) is 12.3 Å². The molecule has 0 aromatic heterocycles. The maximum absolute atomic E-state index is 12.3. The molecule has 3 rings (SSSR count). The van der Waals surface area contributed by atoms with Crippen LogP contribution in [-0.2, 0) is 16.0 Å². The van der Waals surface area contributed by atoms with E-state index in [-0.39, 0.29) is 23.8 Å². The summed E-state index contributed by atoms with van der Waals surface area (Å²) in [6.45, 7) is 5.87. The SMILES string of the molecule is CC(NC(=O)C(C)C1CNC1)c1ccc2c(c1)CCC(=O)N2. The maximum Gasteiger partial charge on any atom is 0.224 e. The standard InChI is InChI=1S/C17H23N3O2/c1-10(14-8-18-9-14)17(22)19-11(2)12-3-5-15-13(7-12)4-6-16(21)20-15/h3,5,7,10-11,14,18H,4,6,8-9H2,1-2H3,(H,19,22)(H,20,21). The number of carbonyl (C=O) groups is 2. The fraction of sp³-hybridized carbons (Fsp3) is 0.529. The zero-order valence-corrected chi connectivity index (χ0v) is 13.1. The molecule has 3 N–H and O–H groups in total. The van der Waals surface area contributed by atoms with Crippen LogP contribution >= 0.6 is 0 Å². The van der Waals surface area contributed by atoms with Gasteiger partial charge >= 0.3 is 0 Å². The van der Waals surface area contributed by atoms with Gasteiger partial charge in [0.25, 0.3) is 0 Å². The molecule has 2 amide bonds. The molecular weight excluding hydrogens is 278 g/mol. The molecule has 118 valence electrons. The van der Waals surface area contributed by atoms with Gasteiger partial charge in [0, 0.05) is 18.0 Å². The van der Waals surface area contributed by atoms with Crippen LogP contribution in [0.5, 0.6) is 0 Å². The third-order valence-electron chi connectivity index (χ3n) is 4.82. The molecular formula is C17H23N3O2. The minimum Gasteiger partial charge on any atom is -0.349 e. The van der Waals surface area contributed by atoms with Gasteiger partial charge in [-0.1, -0.05) is 19.1 Å². The quantitative estimate of drug-likeness (QED) is 0.791. The summed E-state index contributed by atoms with van der Waals surface area (Å²) in [4.78, 5) is 23.7. The summed E-state index contributed by atoms with van der Waals surface area (Å²) in [5.74, 6) is 0.682. The lowest BCUT2D eigenvalue weighted by molar-refractivity contribution is -0.127. The Hall–Kier alpha value is -1.88. The Labute approximate surface area is 130 Å². The maximum atomic E-state index is 12.3. The molecule has 2 atom stereocenters. The normalized spacial score (nSPS) is 20.4. The second-order valence-corrected chi connectivity index (χ2v) is 6.40. The highest BCUT2D eigenvalue weighted by atomic mass is 16.2. The summed E-state index contributed by atoms with van der Waals surface area (Å²) >= 11 is 0. The summed E-state index contributed by atoms with van der Waals surface area (Å²) in [7, 11) is 0. The lowest BCUT2D eigenvalue weighted by atomic mass is 9.88.